The van der Waals surface area contributed by atoms with E-state index in [9.17, 15) is 0 Å². The van der Waals surface area contributed by atoms with Crippen LogP contribution in [-0.4, -0.2) is 35.3 Å². The summed E-state index contributed by atoms with van der Waals surface area (Å²) in [5, 5.41) is 6.79. The molecule has 0 amide bonds. The van der Waals surface area contributed by atoms with Crippen molar-refractivity contribution in [2.45, 2.75) is 45.3 Å². The molecule has 0 bridgehead atoms. The first-order valence-electron chi connectivity index (χ1n) is 8.81. The Morgan fingerprint density at radius 3 is 2.79 bits per heavy atom. The Balaban J connectivity index is 1.81. The van der Waals surface area contributed by atoms with Crippen molar-refractivity contribution in [1.29, 1.82) is 0 Å². The van der Waals surface area contributed by atoms with Crippen LogP contribution in [-0.2, 0) is 4.74 Å². The summed E-state index contributed by atoms with van der Waals surface area (Å²) in [5.41, 5.74) is 2.01. The molecular weight excluding hydrogens is 300 g/mol. The van der Waals surface area contributed by atoms with Crippen LogP contribution in [0.3, 0.4) is 0 Å². The van der Waals surface area contributed by atoms with Crippen LogP contribution in [0.5, 0.6) is 0 Å². The van der Waals surface area contributed by atoms with Crippen molar-refractivity contribution in [1.82, 2.24) is 9.97 Å². The van der Waals surface area contributed by atoms with Crippen LogP contribution in [0.25, 0.3) is 11.3 Å². The molecule has 128 valence electrons. The van der Waals surface area contributed by atoms with Gasteiger partial charge in [0.2, 0.25) is 5.95 Å². The second-order valence-electron chi connectivity index (χ2n) is 6.30. The molecule has 5 heteroatoms. The maximum Gasteiger partial charge on any atom is 0.225 e. The molecule has 1 aliphatic heterocycles. The van der Waals surface area contributed by atoms with Crippen LogP contribution < -0.4 is 10.6 Å². The Morgan fingerprint density at radius 1 is 1.25 bits per heavy atom. The fraction of sp³-hybridized carbons (Fsp3) is 0.474. The molecule has 0 radical (unpaired) electrons. The molecule has 0 aliphatic carbocycles. The highest BCUT2D eigenvalue weighted by Crippen LogP contribution is 2.22. The van der Waals surface area contributed by atoms with Crippen LogP contribution in [0, 0.1) is 0 Å². The molecule has 1 aromatic heterocycles. The van der Waals surface area contributed by atoms with Gasteiger partial charge in [0.15, 0.2) is 0 Å². The minimum Gasteiger partial charge on any atom is -0.376 e. The number of benzene rings is 1. The third-order valence-corrected chi connectivity index (χ3v) is 4.32. The van der Waals surface area contributed by atoms with Crippen LogP contribution in [0.1, 0.15) is 33.1 Å². The number of anilines is 2. The number of aromatic nitrogens is 2. The first-order chi connectivity index (χ1) is 11.7. The van der Waals surface area contributed by atoms with E-state index in [-0.39, 0.29) is 6.10 Å². The minimum atomic E-state index is 0.283. The Hall–Kier alpha value is -2.14. The first kappa shape index (κ1) is 16.7. The highest BCUT2D eigenvalue weighted by Gasteiger charge is 2.16. The topological polar surface area (TPSA) is 59.1 Å². The monoisotopic (exact) mass is 326 g/mol. The summed E-state index contributed by atoms with van der Waals surface area (Å²) >= 11 is 0. The zero-order valence-corrected chi connectivity index (χ0v) is 14.5. The van der Waals surface area contributed by atoms with Gasteiger partial charge in [-0.1, -0.05) is 37.3 Å². The van der Waals surface area contributed by atoms with Gasteiger partial charge in [0.1, 0.15) is 5.82 Å². The Labute approximate surface area is 143 Å². The van der Waals surface area contributed by atoms with Gasteiger partial charge in [0.05, 0.1) is 11.8 Å². The van der Waals surface area contributed by atoms with Crippen LogP contribution in [0.2, 0.25) is 0 Å². The lowest BCUT2D eigenvalue weighted by Crippen LogP contribution is -2.20. The summed E-state index contributed by atoms with van der Waals surface area (Å²) < 4.78 is 5.68. The number of ether oxygens (including phenoxy) is 1. The third-order valence-electron chi connectivity index (χ3n) is 4.32. The summed E-state index contributed by atoms with van der Waals surface area (Å²) in [6, 6.07) is 12.5. The summed E-state index contributed by atoms with van der Waals surface area (Å²) in [6.45, 7) is 5.94. The first-order valence-corrected chi connectivity index (χ1v) is 8.81. The van der Waals surface area contributed by atoms with Crippen LogP contribution in [0.4, 0.5) is 11.8 Å². The molecule has 24 heavy (non-hydrogen) atoms. The zero-order chi connectivity index (χ0) is 16.8. The predicted octanol–water partition coefficient (Wildman–Crippen LogP) is 3.94. The normalized spacial score (nSPS) is 18.3. The largest absolute Gasteiger partial charge is 0.376 e. The lowest BCUT2D eigenvalue weighted by atomic mass is 10.1. The average Bonchev–Trinajstić information content (AvgIpc) is 3.14. The van der Waals surface area contributed by atoms with Gasteiger partial charge in [0, 0.05) is 30.8 Å². The fourth-order valence-corrected chi connectivity index (χ4v) is 2.71. The van der Waals surface area contributed by atoms with E-state index in [1.54, 1.807) is 0 Å². The molecule has 2 heterocycles. The third kappa shape index (κ3) is 4.45. The van der Waals surface area contributed by atoms with Crippen LogP contribution >= 0.6 is 0 Å². The van der Waals surface area contributed by atoms with Gasteiger partial charge in [-0.25, -0.2) is 4.98 Å². The number of rotatable bonds is 7. The highest BCUT2D eigenvalue weighted by molar-refractivity contribution is 5.64. The predicted molar refractivity (Wildman–Crippen MR) is 98.3 cm³/mol. The van der Waals surface area contributed by atoms with Gasteiger partial charge < -0.3 is 15.4 Å². The Morgan fingerprint density at radius 2 is 2.08 bits per heavy atom. The molecule has 1 aliphatic rings. The molecule has 2 N–H and O–H groups in total. The standard InChI is InChI=1S/C19H26N4O/c1-3-14(2)21-19-22-17(15-8-5-4-6-9-15)12-18(23-19)20-13-16-10-7-11-24-16/h4-6,8-9,12,14,16H,3,7,10-11,13H2,1-2H3,(H2,20,21,22,23)/t14-,16-/m1/s1. The maximum atomic E-state index is 5.68. The molecule has 1 saturated heterocycles. The molecule has 0 spiro atoms. The van der Waals surface area contributed by atoms with Crippen molar-refractivity contribution in [3.8, 4) is 11.3 Å². The average molecular weight is 326 g/mol. The summed E-state index contributed by atoms with van der Waals surface area (Å²) in [7, 11) is 0. The van der Waals surface area contributed by atoms with E-state index in [0.29, 0.717) is 12.0 Å². The molecule has 2 atom stereocenters. The molecule has 0 unspecified atom stereocenters. The van der Waals surface area contributed by atoms with Gasteiger partial charge in [-0.05, 0) is 26.2 Å². The lowest BCUT2D eigenvalue weighted by Gasteiger charge is -2.16. The second-order valence-corrected chi connectivity index (χ2v) is 6.30. The van der Waals surface area contributed by atoms with E-state index in [1.165, 1.54) is 0 Å². The van der Waals surface area contributed by atoms with Crippen molar-refractivity contribution in [3.63, 3.8) is 0 Å². The molecule has 0 saturated carbocycles. The fourth-order valence-electron chi connectivity index (χ4n) is 2.71. The van der Waals surface area contributed by atoms with Gasteiger partial charge in [-0.3, -0.25) is 0 Å². The zero-order valence-electron chi connectivity index (χ0n) is 14.5. The summed E-state index contributed by atoms with van der Waals surface area (Å²) in [4.78, 5) is 9.30. The van der Waals surface area contributed by atoms with Crippen molar-refractivity contribution in [3.05, 3.63) is 36.4 Å². The van der Waals surface area contributed by atoms with Gasteiger partial charge in [-0.15, -0.1) is 0 Å². The Kier molecular flexibility index (Phi) is 5.64. The SMILES string of the molecule is CC[C@@H](C)Nc1nc(NC[C@H]2CCCO2)cc(-c2ccccc2)n1. The molecule has 1 aromatic carbocycles. The number of hydrogen-bond donors (Lipinski definition) is 2. The second kappa shape index (κ2) is 8.11. The van der Waals surface area contributed by atoms with Crippen molar-refractivity contribution < 1.29 is 4.74 Å². The molecule has 2 aromatic rings. The van der Waals surface area contributed by atoms with Crippen molar-refractivity contribution >= 4 is 11.8 Å². The van der Waals surface area contributed by atoms with E-state index in [2.05, 4.69) is 46.6 Å². The quantitative estimate of drug-likeness (QED) is 0.807. The molecular formula is C19H26N4O. The summed E-state index contributed by atoms with van der Waals surface area (Å²) in [5.74, 6) is 1.51. The van der Waals surface area contributed by atoms with E-state index >= 15 is 0 Å². The van der Waals surface area contributed by atoms with E-state index in [1.807, 2.05) is 24.3 Å². The number of hydrogen-bond acceptors (Lipinski definition) is 5. The van der Waals surface area contributed by atoms with E-state index in [0.717, 1.165) is 49.5 Å². The van der Waals surface area contributed by atoms with Gasteiger partial charge in [-0.2, -0.15) is 4.98 Å². The van der Waals surface area contributed by atoms with Crippen molar-refractivity contribution in [2.75, 3.05) is 23.8 Å². The number of nitrogens with zero attached hydrogens (tertiary/aromatic N) is 2. The smallest absolute Gasteiger partial charge is 0.225 e. The van der Waals surface area contributed by atoms with Crippen LogP contribution in [0.15, 0.2) is 36.4 Å². The van der Waals surface area contributed by atoms with Gasteiger partial charge >= 0.3 is 0 Å². The lowest BCUT2D eigenvalue weighted by molar-refractivity contribution is 0.120. The Bertz CT molecular complexity index is 641. The summed E-state index contributed by atoms with van der Waals surface area (Å²) in [6.07, 6.45) is 3.57. The minimum absolute atomic E-state index is 0.283. The molecule has 1 fully saturated rings. The van der Waals surface area contributed by atoms with Crippen molar-refractivity contribution in [2.24, 2.45) is 0 Å². The van der Waals surface area contributed by atoms with E-state index < -0.39 is 0 Å². The molecule has 5 nitrogen and oxygen atoms in total. The number of nitrogens with one attached hydrogen (secondary N) is 2. The highest BCUT2D eigenvalue weighted by atomic mass is 16.5. The van der Waals surface area contributed by atoms with E-state index in [4.69, 9.17) is 4.74 Å². The molecule has 3 rings (SSSR count). The van der Waals surface area contributed by atoms with Gasteiger partial charge in [0.25, 0.3) is 0 Å². The maximum absolute atomic E-state index is 5.68.